The van der Waals surface area contributed by atoms with Gasteiger partial charge in [0.25, 0.3) is 11.8 Å². The minimum absolute atomic E-state index is 0.0502. The van der Waals surface area contributed by atoms with Crippen molar-refractivity contribution < 1.29 is 22.8 Å². The summed E-state index contributed by atoms with van der Waals surface area (Å²) in [5, 5.41) is 3.55. The third-order valence-electron chi connectivity index (χ3n) is 6.97. The van der Waals surface area contributed by atoms with E-state index >= 15 is 0 Å². The molecule has 9 heteroatoms. The number of alkyl halides is 3. The van der Waals surface area contributed by atoms with Crippen molar-refractivity contribution in [3.8, 4) is 10.4 Å². The number of nitrogens with one attached hydrogen (secondary N) is 1. The number of likely N-dealkylation sites (tertiary alicyclic amines) is 1. The van der Waals surface area contributed by atoms with Crippen LogP contribution < -0.4 is 5.32 Å². The Balaban J connectivity index is 1.34. The third kappa shape index (κ3) is 4.64. The average Bonchev–Trinajstić information content (AvgIpc) is 3.30. The van der Waals surface area contributed by atoms with Gasteiger partial charge in [-0.2, -0.15) is 13.2 Å². The van der Waals surface area contributed by atoms with Gasteiger partial charge < -0.3 is 10.2 Å². The van der Waals surface area contributed by atoms with Gasteiger partial charge in [0.2, 0.25) is 0 Å². The molecule has 0 bridgehead atoms. The maximum atomic E-state index is 13.7. The van der Waals surface area contributed by atoms with Crippen LogP contribution in [0.5, 0.6) is 0 Å². The van der Waals surface area contributed by atoms with Crippen molar-refractivity contribution >= 4 is 23.2 Å². The van der Waals surface area contributed by atoms with Crippen LogP contribution in [0.2, 0.25) is 0 Å². The van der Waals surface area contributed by atoms with Crippen LogP contribution in [0.1, 0.15) is 55.4 Å². The van der Waals surface area contributed by atoms with Crippen LogP contribution in [-0.2, 0) is 6.18 Å². The lowest BCUT2D eigenvalue weighted by molar-refractivity contribution is -0.138. The smallest absolute Gasteiger partial charge is 0.350 e. The van der Waals surface area contributed by atoms with Gasteiger partial charge in [-0.3, -0.25) is 9.59 Å². The summed E-state index contributed by atoms with van der Waals surface area (Å²) >= 11 is 1.48. The number of benzene rings is 2. The number of carbonyl (C=O) groups is 2. The van der Waals surface area contributed by atoms with Crippen molar-refractivity contribution in [2.24, 2.45) is 5.92 Å². The number of thiazole rings is 1. The second kappa shape index (κ2) is 9.03. The lowest BCUT2D eigenvalue weighted by atomic mass is 10.0. The maximum Gasteiger partial charge on any atom is 0.416 e. The van der Waals surface area contributed by atoms with Gasteiger partial charge in [0.05, 0.1) is 21.5 Å². The summed E-state index contributed by atoms with van der Waals surface area (Å²) in [5.41, 5.74) is 1.64. The Morgan fingerprint density at radius 1 is 1.11 bits per heavy atom. The summed E-state index contributed by atoms with van der Waals surface area (Å²) in [5.74, 6) is -0.359. The molecule has 1 saturated heterocycles. The maximum absolute atomic E-state index is 13.7. The van der Waals surface area contributed by atoms with Crippen molar-refractivity contribution in [3.05, 3.63) is 75.4 Å². The molecule has 3 atom stereocenters. The molecule has 3 aromatic rings. The summed E-state index contributed by atoms with van der Waals surface area (Å²) in [6, 6.07) is 11.4. The highest BCUT2D eigenvalue weighted by Gasteiger charge is 2.54. The normalized spacial score (nSPS) is 20.8. The van der Waals surface area contributed by atoms with E-state index in [1.54, 1.807) is 0 Å². The summed E-state index contributed by atoms with van der Waals surface area (Å²) in [7, 11) is 0. The fourth-order valence-electron chi connectivity index (χ4n) is 5.12. The molecular weight excluding hydrogens is 487 g/mol. The quantitative estimate of drug-likeness (QED) is 0.470. The molecule has 5 nitrogen and oxygen atoms in total. The Bertz CT molecular complexity index is 1350. The minimum atomic E-state index is -4.53. The van der Waals surface area contributed by atoms with Crippen LogP contribution >= 0.6 is 11.3 Å². The van der Waals surface area contributed by atoms with Crippen LogP contribution in [-0.4, -0.2) is 40.3 Å². The molecule has 1 saturated carbocycles. The Morgan fingerprint density at radius 3 is 2.61 bits per heavy atom. The standard InChI is InChI=1S/C27H26F3N3O2S/c1-14-5-4-6-17(9-14)24-23(32-16(3)36-24)26(35)33-20(10-19-12-22(19)33)13-31-25(34)18-8-7-15(2)21(11-18)27(28,29)30/h4-9,11,19-20,22H,10,12-13H2,1-3H3,(H,31,34)/t19-,20+,22+/m1/s1. The zero-order valence-corrected chi connectivity index (χ0v) is 21.0. The lowest BCUT2D eigenvalue weighted by Crippen LogP contribution is -2.45. The zero-order valence-electron chi connectivity index (χ0n) is 20.1. The molecule has 2 fully saturated rings. The second-order valence-electron chi connectivity index (χ2n) is 9.68. The summed E-state index contributed by atoms with van der Waals surface area (Å²) in [6.45, 7) is 5.41. The van der Waals surface area contributed by atoms with E-state index in [9.17, 15) is 22.8 Å². The van der Waals surface area contributed by atoms with Crippen LogP contribution in [0.25, 0.3) is 10.4 Å². The van der Waals surface area contributed by atoms with Crippen molar-refractivity contribution in [1.82, 2.24) is 15.2 Å². The molecule has 36 heavy (non-hydrogen) atoms. The number of hydrogen-bond acceptors (Lipinski definition) is 4. The molecule has 2 amide bonds. The molecule has 5 rings (SSSR count). The molecule has 1 N–H and O–H groups in total. The highest BCUT2D eigenvalue weighted by molar-refractivity contribution is 7.15. The van der Waals surface area contributed by atoms with Crippen LogP contribution in [0.4, 0.5) is 13.2 Å². The third-order valence-corrected chi connectivity index (χ3v) is 7.99. The van der Waals surface area contributed by atoms with Gasteiger partial charge >= 0.3 is 6.18 Å². The highest BCUT2D eigenvalue weighted by atomic mass is 32.1. The van der Waals surface area contributed by atoms with E-state index in [0.29, 0.717) is 11.6 Å². The zero-order chi connectivity index (χ0) is 25.8. The molecule has 1 aliphatic heterocycles. The van der Waals surface area contributed by atoms with Gasteiger partial charge in [0.15, 0.2) is 0 Å². The first-order valence-corrected chi connectivity index (χ1v) is 12.7. The Hall–Kier alpha value is -3.20. The SMILES string of the molecule is Cc1cccc(-c2sc(C)nc2C(=O)N2[C@H](CNC(=O)c3ccc(C)c(C(F)(F)F)c3)C[C@@H]3C[C@@H]32)c1. The van der Waals surface area contributed by atoms with E-state index in [2.05, 4.69) is 10.3 Å². The van der Waals surface area contributed by atoms with Gasteiger partial charge in [-0.1, -0.05) is 35.9 Å². The number of rotatable bonds is 5. The summed E-state index contributed by atoms with van der Waals surface area (Å²) in [6.07, 6.45) is -2.86. The van der Waals surface area contributed by atoms with Gasteiger partial charge in [-0.05, 0) is 62.8 Å². The van der Waals surface area contributed by atoms with Crippen LogP contribution in [0, 0.1) is 26.7 Å². The molecule has 188 valence electrons. The van der Waals surface area contributed by atoms with E-state index in [4.69, 9.17) is 0 Å². The Kier molecular flexibility index (Phi) is 6.14. The number of aryl methyl sites for hydroxylation is 3. The molecule has 2 heterocycles. The van der Waals surface area contributed by atoms with E-state index in [0.717, 1.165) is 39.9 Å². The number of carbonyl (C=O) groups excluding carboxylic acids is 2. The first-order chi connectivity index (χ1) is 17.0. The number of aromatic nitrogens is 1. The molecule has 0 unspecified atom stereocenters. The minimum Gasteiger partial charge on any atom is -0.350 e. The predicted molar refractivity (Wildman–Crippen MR) is 132 cm³/mol. The topological polar surface area (TPSA) is 62.3 Å². The molecular formula is C27H26F3N3O2S. The Morgan fingerprint density at radius 2 is 1.89 bits per heavy atom. The fraction of sp³-hybridized carbons (Fsp3) is 0.370. The number of amides is 2. The van der Waals surface area contributed by atoms with Gasteiger partial charge in [-0.15, -0.1) is 11.3 Å². The Labute approximate surface area is 211 Å². The molecule has 0 radical (unpaired) electrons. The molecule has 2 aromatic carbocycles. The number of hydrogen-bond donors (Lipinski definition) is 1. The van der Waals surface area contributed by atoms with Crippen LogP contribution in [0.3, 0.4) is 0 Å². The van der Waals surface area contributed by atoms with E-state index in [-0.39, 0.29) is 35.7 Å². The molecule has 0 spiro atoms. The second-order valence-corrected chi connectivity index (χ2v) is 10.9. The number of fused-ring (bicyclic) bond motifs is 1. The number of piperidine rings is 1. The van der Waals surface area contributed by atoms with Crippen molar-refractivity contribution in [1.29, 1.82) is 0 Å². The van der Waals surface area contributed by atoms with E-state index < -0.39 is 17.6 Å². The molecule has 2 aliphatic rings. The number of nitrogens with zero attached hydrogens (tertiary/aromatic N) is 2. The lowest BCUT2D eigenvalue weighted by Gasteiger charge is -2.27. The first kappa shape index (κ1) is 24.5. The highest BCUT2D eigenvalue weighted by Crippen LogP contribution is 2.49. The monoisotopic (exact) mass is 513 g/mol. The largest absolute Gasteiger partial charge is 0.416 e. The van der Waals surface area contributed by atoms with Gasteiger partial charge in [0.1, 0.15) is 5.69 Å². The predicted octanol–water partition coefficient (Wildman–Crippen LogP) is 5.79. The van der Waals surface area contributed by atoms with Crippen molar-refractivity contribution in [2.75, 3.05) is 6.54 Å². The van der Waals surface area contributed by atoms with Gasteiger partial charge in [0, 0.05) is 18.2 Å². The van der Waals surface area contributed by atoms with Crippen molar-refractivity contribution in [3.63, 3.8) is 0 Å². The van der Waals surface area contributed by atoms with Gasteiger partial charge in [-0.25, -0.2) is 4.98 Å². The van der Waals surface area contributed by atoms with E-state index in [1.165, 1.54) is 30.4 Å². The van der Waals surface area contributed by atoms with Crippen LogP contribution in [0.15, 0.2) is 42.5 Å². The fourth-order valence-corrected chi connectivity index (χ4v) is 6.02. The summed E-state index contributed by atoms with van der Waals surface area (Å²) < 4.78 is 39.8. The molecule has 1 aliphatic carbocycles. The van der Waals surface area contributed by atoms with Crippen molar-refractivity contribution in [2.45, 2.75) is 51.9 Å². The van der Waals surface area contributed by atoms with E-state index in [1.807, 2.05) is 43.0 Å². The average molecular weight is 514 g/mol. The first-order valence-electron chi connectivity index (χ1n) is 11.9. The number of halogens is 3. The molecule has 1 aromatic heterocycles. The summed E-state index contributed by atoms with van der Waals surface area (Å²) in [4.78, 5) is 33.7.